The molecule has 1 aliphatic rings. The van der Waals surface area contributed by atoms with Crippen LogP contribution >= 0.6 is 0 Å². The molecule has 0 unspecified atom stereocenters. The summed E-state index contributed by atoms with van der Waals surface area (Å²) >= 11 is 0. The van der Waals surface area contributed by atoms with Crippen LogP contribution in [0.5, 0.6) is 0 Å². The zero-order chi connectivity index (χ0) is 18.7. The number of aromatic nitrogens is 1. The smallest absolute Gasteiger partial charge is 0.352 e. The highest BCUT2D eigenvalue weighted by Crippen LogP contribution is 2.33. The lowest BCUT2D eigenvalue weighted by Gasteiger charge is -2.18. The van der Waals surface area contributed by atoms with E-state index in [0.29, 0.717) is 6.54 Å². The third-order valence-corrected chi connectivity index (χ3v) is 4.20. The Hall–Kier alpha value is -2.90. The number of carbonyl (C=O) groups is 2. The normalized spacial score (nSPS) is 17.4. The van der Waals surface area contributed by atoms with Gasteiger partial charge in [-0.1, -0.05) is 6.07 Å². The Morgan fingerprint density at radius 3 is 2.65 bits per heavy atom. The fourth-order valence-electron chi connectivity index (χ4n) is 2.82. The Morgan fingerprint density at radius 1 is 1.23 bits per heavy atom. The number of anilines is 1. The number of benzene rings is 1. The average molecular weight is 363 g/mol. The molecule has 1 saturated heterocycles. The van der Waals surface area contributed by atoms with Gasteiger partial charge in [0.25, 0.3) is 0 Å². The average Bonchev–Trinajstić information content (AvgIpc) is 3.02. The molecule has 1 aromatic heterocycles. The highest BCUT2D eigenvalue weighted by Gasteiger charge is 2.36. The third-order valence-electron chi connectivity index (χ3n) is 4.20. The largest absolute Gasteiger partial charge is 0.416 e. The van der Waals surface area contributed by atoms with Gasteiger partial charge in [-0.15, -0.1) is 0 Å². The van der Waals surface area contributed by atoms with Crippen molar-refractivity contribution in [3.63, 3.8) is 0 Å². The van der Waals surface area contributed by atoms with Crippen molar-refractivity contribution in [2.24, 2.45) is 5.92 Å². The predicted molar refractivity (Wildman–Crippen MR) is 88.0 cm³/mol. The lowest BCUT2D eigenvalue weighted by molar-refractivity contribution is -0.137. The second kappa shape index (κ2) is 7.15. The summed E-state index contributed by atoms with van der Waals surface area (Å²) in [4.78, 5) is 29.6. The maximum Gasteiger partial charge on any atom is 0.416 e. The van der Waals surface area contributed by atoms with E-state index in [0.717, 1.165) is 17.7 Å². The first-order valence-electron chi connectivity index (χ1n) is 7.99. The fraction of sp³-hybridized carbons (Fsp3) is 0.278. The van der Waals surface area contributed by atoms with Crippen molar-refractivity contribution in [3.05, 3.63) is 59.9 Å². The van der Waals surface area contributed by atoms with E-state index >= 15 is 0 Å². The molecular formula is C18H16F3N3O2. The van der Waals surface area contributed by atoms with Crippen molar-refractivity contribution in [2.75, 3.05) is 11.4 Å². The second-order valence-electron chi connectivity index (χ2n) is 6.03. The Labute approximate surface area is 147 Å². The summed E-state index contributed by atoms with van der Waals surface area (Å²) in [5, 5.41) is 2.74. The first-order chi connectivity index (χ1) is 12.3. The van der Waals surface area contributed by atoms with Crippen LogP contribution in [0.3, 0.4) is 0 Å². The SMILES string of the molecule is O=C(NCc1ccncc1)[C@@H]1CC(=O)N(c2cccc(C(F)(F)F)c2)C1. The molecule has 0 radical (unpaired) electrons. The molecule has 0 aliphatic carbocycles. The maximum absolute atomic E-state index is 12.8. The van der Waals surface area contributed by atoms with Gasteiger partial charge in [0.1, 0.15) is 0 Å². The maximum atomic E-state index is 12.8. The highest BCUT2D eigenvalue weighted by molar-refractivity contribution is 6.00. The summed E-state index contributed by atoms with van der Waals surface area (Å²) in [5.41, 5.74) is 0.190. The standard InChI is InChI=1S/C18H16F3N3O2/c19-18(20,21)14-2-1-3-15(9-14)24-11-13(8-16(24)25)17(26)23-10-12-4-6-22-7-5-12/h1-7,9,13H,8,10-11H2,(H,23,26)/t13-/m1/s1. The van der Waals surface area contributed by atoms with Gasteiger partial charge in [0, 0.05) is 37.6 Å². The predicted octanol–water partition coefficient (Wildman–Crippen LogP) is 2.77. The van der Waals surface area contributed by atoms with Gasteiger partial charge >= 0.3 is 6.18 Å². The number of alkyl halides is 3. The van der Waals surface area contributed by atoms with E-state index < -0.39 is 17.7 Å². The number of nitrogens with zero attached hydrogens (tertiary/aromatic N) is 2. The zero-order valence-electron chi connectivity index (χ0n) is 13.7. The molecule has 1 aromatic carbocycles. The molecule has 1 N–H and O–H groups in total. The Bertz CT molecular complexity index is 809. The number of hydrogen-bond donors (Lipinski definition) is 1. The first kappa shape index (κ1) is 17.9. The van der Waals surface area contributed by atoms with Crippen LogP contribution in [0.4, 0.5) is 18.9 Å². The number of hydrogen-bond acceptors (Lipinski definition) is 3. The number of halogens is 3. The van der Waals surface area contributed by atoms with Crippen molar-refractivity contribution in [3.8, 4) is 0 Å². The van der Waals surface area contributed by atoms with Crippen LogP contribution in [-0.2, 0) is 22.3 Å². The van der Waals surface area contributed by atoms with Crippen molar-refractivity contribution >= 4 is 17.5 Å². The number of nitrogens with one attached hydrogen (secondary N) is 1. The van der Waals surface area contributed by atoms with Crippen LogP contribution in [0, 0.1) is 5.92 Å². The van der Waals surface area contributed by atoms with Gasteiger partial charge in [-0.25, -0.2) is 0 Å². The molecule has 2 heterocycles. The van der Waals surface area contributed by atoms with E-state index in [4.69, 9.17) is 0 Å². The minimum atomic E-state index is -4.49. The zero-order valence-corrected chi connectivity index (χ0v) is 13.7. The molecule has 0 spiro atoms. The van der Waals surface area contributed by atoms with Crippen LogP contribution in [-0.4, -0.2) is 23.3 Å². The lowest BCUT2D eigenvalue weighted by Crippen LogP contribution is -2.32. The summed E-state index contributed by atoms with van der Waals surface area (Å²) in [6, 6.07) is 8.08. The Balaban J connectivity index is 1.66. The number of rotatable bonds is 4. The monoisotopic (exact) mass is 363 g/mol. The summed E-state index contributed by atoms with van der Waals surface area (Å²) in [6.07, 6.45) is -1.30. The van der Waals surface area contributed by atoms with Gasteiger partial charge in [-0.05, 0) is 35.9 Å². The summed E-state index contributed by atoms with van der Waals surface area (Å²) in [6.45, 7) is 0.359. The van der Waals surface area contributed by atoms with Gasteiger partial charge < -0.3 is 10.2 Å². The minimum absolute atomic E-state index is 0.0293. The first-order valence-corrected chi connectivity index (χ1v) is 7.99. The molecule has 26 heavy (non-hydrogen) atoms. The molecule has 8 heteroatoms. The summed E-state index contributed by atoms with van der Waals surface area (Å²) in [5.74, 6) is -1.27. The van der Waals surface area contributed by atoms with E-state index in [1.807, 2.05) is 0 Å². The van der Waals surface area contributed by atoms with Gasteiger partial charge in [0.15, 0.2) is 0 Å². The Morgan fingerprint density at radius 2 is 1.96 bits per heavy atom. The molecule has 1 atom stereocenters. The molecule has 0 saturated carbocycles. The molecule has 1 fully saturated rings. The van der Waals surface area contributed by atoms with Crippen LogP contribution in [0.15, 0.2) is 48.8 Å². The van der Waals surface area contributed by atoms with Gasteiger partial charge in [0.2, 0.25) is 11.8 Å². The second-order valence-corrected chi connectivity index (χ2v) is 6.03. The number of pyridine rings is 1. The third kappa shape index (κ3) is 4.01. The Kier molecular flexibility index (Phi) is 4.92. The number of amides is 2. The van der Waals surface area contributed by atoms with E-state index in [-0.39, 0.29) is 30.5 Å². The quantitative estimate of drug-likeness (QED) is 0.909. The van der Waals surface area contributed by atoms with Gasteiger partial charge in [-0.3, -0.25) is 14.6 Å². The van der Waals surface area contributed by atoms with E-state index in [9.17, 15) is 22.8 Å². The van der Waals surface area contributed by atoms with Gasteiger partial charge in [0.05, 0.1) is 11.5 Å². The number of carbonyl (C=O) groups excluding carboxylic acids is 2. The molecular weight excluding hydrogens is 347 g/mol. The molecule has 0 bridgehead atoms. The lowest BCUT2D eigenvalue weighted by atomic mass is 10.1. The molecule has 2 amide bonds. The molecule has 2 aromatic rings. The van der Waals surface area contributed by atoms with Crippen LogP contribution in [0.1, 0.15) is 17.5 Å². The topological polar surface area (TPSA) is 62.3 Å². The van der Waals surface area contributed by atoms with Crippen molar-refractivity contribution in [1.29, 1.82) is 0 Å². The molecule has 136 valence electrons. The molecule has 3 rings (SSSR count). The summed E-state index contributed by atoms with van der Waals surface area (Å²) < 4.78 is 38.5. The van der Waals surface area contributed by atoms with Crippen LogP contribution in [0.25, 0.3) is 0 Å². The fourth-order valence-corrected chi connectivity index (χ4v) is 2.82. The van der Waals surface area contributed by atoms with Crippen molar-refractivity contribution in [1.82, 2.24) is 10.3 Å². The molecule has 1 aliphatic heterocycles. The van der Waals surface area contributed by atoms with Crippen molar-refractivity contribution in [2.45, 2.75) is 19.1 Å². The molecule has 5 nitrogen and oxygen atoms in total. The van der Waals surface area contributed by atoms with E-state index in [1.165, 1.54) is 17.0 Å². The minimum Gasteiger partial charge on any atom is -0.352 e. The van der Waals surface area contributed by atoms with E-state index in [1.54, 1.807) is 24.5 Å². The van der Waals surface area contributed by atoms with Gasteiger partial charge in [-0.2, -0.15) is 13.2 Å². The highest BCUT2D eigenvalue weighted by atomic mass is 19.4. The summed E-state index contributed by atoms with van der Waals surface area (Å²) in [7, 11) is 0. The van der Waals surface area contributed by atoms with Crippen LogP contribution < -0.4 is 10.2 Å². The van der Waals surface area contributed by atoms with E-state index in [2.05, 4.69) is 10.3 Å². The van der Waals surface area contributed by atoms with Crippen molar-refractivity contribution < 1.29 is 22.8 Å². The van der Waals surface area contributed by atoms with Crippen LogP contribution in [0.2, 0.25) is 0 Å².